The molecule has 1 aromatic heterocycles. The third-order valence-corrected chi connectivity index (χ3v) is 4.73. The second-order valence-electron chi connectivity index (χ2n) is 6.47. The van der Waals surface area contributed by atoms with Gasteiger partial charge in [0, 0.05) is 6.07 Å². The van der Waals surface area contributed by atoms with Crippen molar-refractivity contribution in [2.45, 2.75) is 45.4 Å². The second kappa shape index (κ2) is 6.51. The number of H-pyrrole nitrogens is 1. The van der Waals surface area contributed by atoms with Gasteiger partial charge in [0.05, 0.1) is 18.1 Å². The highest BCUT2D eigenvalue weighted by molar-refractivity contribution is 5.75. The van der Waals surface area contributed by atoms with Gasteiger partial charge in [-0.3, -0.25) is 4.79 Å². The van der Waals surface area contributed by atoms with E-state index in [4.69, 9.17) is 4.74 Å². The van der Waals surface area contributed by atoms with Crippen molar-refractivity contribution in [2.24, 2.45) is 11.8 Å². The smallest absolute Gasteiger partial charge is 0.270 e. The molecule has 1 aromatic carbocycles. The zero-order valence-corrected chi connectivity index (χ0v) is 13.4. The fourth-order valence-electron chi connectivity index (χ4n) is 3.08. The molecule has 3 rings (SSSR count). The van der Waals surface area contributed by atoms with Gasteiger partial charge in [-0.05, 0) is 43.2 Å². The van der Waals surface area contributed by atoms with Crippen molar-refractivity contribution in [2.75, 3.05) is 7.11 Å². The largest absolute Gasteiger partial charge is 0.497 e. The first-order chi connectivity index (χ1) is 10.7. The molecule has 1 aliphatic carbocycles. The molecule has 2 aromatic rings. The van der Waals surface area contributed by atoms with Crippen LogP contribution in [-0.4, -0.2) is 17.1 Å². The highest BCUT2D eigenvalue weighted by atomic mass is 16.5. The summed E-state index contributed by atoms with van der Waals surface area (Å²) in [7, 11) is 1.61. The summed E-state index contributed by atoms with van der Waals surface area (Å²) in [5.41, 5.74) is 2.13. The molecule has 0 bridgehead atoms. The minimum absolute atomic E-state index is 0.0726. The van der Waals surface area contributed by atoms with Crippen molar-refractivity contribution in [3.8, 4) is 5.75 Å². The lowest BCUT2D eigenvalue weighted by molar-refractivity contribution is 0.415. The number of aromatic nitrogens is 2. The number of aromatic amines is 1. The quantitative estimate of drug-likeness (QED) is 0.793. The first kappa shape index (κ1) is 15.1. The normalized spacial score (nSPS) is 20.3. The summed E-state index contributed by atoms with van der Waals surface area (Å²) in [5, 5.41) is 0. The summed E-state index contributed by atoms with van der Waals surface area (Å²) >= 11 is 0. The topological polar surface area (TPSA) is 55.0 Å². The van der Waals surface area contributed by atoms with Gasteiger partial charge >= 0.3 is 0 Å². The summed E-state index contributed by atoms with van der Waals surface area (Å²) in [6.45, 7) is 2.33. The molecule has 1 heterocycles. The van der Waals surface area contributed by atoms with E-state index < -0.39 is 0 Å². The average Bonchev–Trinajstić information content (AvgIpc) is 3.22. The molecule has 2 unspecified atom stereocenters. The number of hydrogen-bond donors (Lipinski definition) is 1. The molecule has 4 nitrogen and oxygen atoms in total. The lowest BCUT2D eigenvalue weighted by Crippen LogP contribution is -2.15. The summed E-state index contributed by atoms with van der Waals surface area (Å²) in [4.78, 5) is 19.5. The molecule has 0 spiro atoms. The van der Waals surface area contributed by atoms with Crippen LogP contribution in [0.1, 0.15) is 44.7 Å². The van der Waals surface area contributed by atoms with E-state index in [9.17, 15) is 4.79 Å². The predicted molar refractivity (Wildman–Crippen MR) is 88.4 cm³/mol. The first-order valence-corrected chi connectivity index (χ1v) is 8.24. The van der Waals surface area contributed by atoms with Gasteiger partial charge in [0.1, 0.15) is 11.4 Å². The maximum atomic E-state index is 12.1. The predicted octanol–water partition coefficient (Wildman–Crippen LogP) is 3.69. The van der Waals surface area contributed by atoms with Crippen molar-refractivity contribution in [3.63, 3.8) is 0 Å². The standard InChI is InChI=1S/C18H24N2O2/c1-12-10-13(12)6-4-3-5-7-16-18(21)20-17-11-14(22-2)8-9-15(17)19-16/h8-9,11-13H,3-7,10H2,1-2H3,(H,20,21). The maximum Gasteiger partial charge on any atom is 0.270 e. The molecular formula is C18H24N2O2. The van der Waals surface area contributed by atoms with E-state index >= 15 is 0 Å². The number of ether oxygens (including phenoxy) is 1. The van der Waals surface area contributed by atoms with Crippen molar-refractivity contribution in [3.05, 3.63) is 34.2 Å². The van der Waals surface area contributed by atoms with E-state index in [-0.39, 0.29) is 5.56 Å². The van der Waals surface area contributed by atoms with Crippen LogP contribution < -0.4 is 10.3 Å². The third kappa shape index (κ3) is 3.49. The van der Waals surface area contributed by atoms with Crippen LogP contribution in [0.5, 0.6) is 5.75 Å². The Morgan fingerprint density at radius 2 is 2.14 bits per heavy atom. The van der Waals surface area contributed by atoms with Crippen LogP contribution in [0.2, 0.25) is 0 Å². The van der Waals surface area contributed by atoms with E-state index in [1.54, 1.807) is 7.11 Å². The number of methoxy groups -OCH3 is 1. The third-order valence-electron chi connectivity index (χ3n) is 4.73. The van der Waals surface area contributed by atoms with Crippen LogP contribution in [0.25, 0.3) is 11.0 Å². The molecule has 1 saturated carbocycles. The fourth-order valence-corrected chi connectivity index (χ4v) is 3.08. The Morgan fingerprint density at radius 1 is 1.32 bits per heavy atom. The van der Waals surface area contributed by atoms with Gasteiger partial charge in [-0.15, -0.1) is 0 Å². The number of fused-ring (bicyclic) bond motifs is 1. The number of nitrogens with one attached hydrogen (secondary N) is 1. The van der Waals surface area contributed by atoms with Gasteiger partial charge in [0.15, 0.2) is 0 Å². The monoisotopic (exact) mass is 300 g/mol. The SMILES string of the molecule is COc1ccc2nc(CCCCCC3CC3C)c(=O)[nH]c2c1. The molecular weight excluding hydrogens is 276 g/mol. The Kier molecular flexibility index (Phi) is 4.46. The average molecular weight is 300 g/mol. The van der Waals surface area contributed by atoms with E-state index in [0.717, 1.165) is 41.5 Å². The van der Waals surface area contributed by atoms with E-state index in [0.29, 0.717) is 5.69 Å². The number of rotatable bonds is 7. The van der Waals surface area contributed by atoms with Crippen LogP contribution in [0, 0.1) is 11.8 Å². The summed E-state index contributed by atoms with van der Waals surface area (Å²) < 4.78 is 5.17. The van der Waals surface area contributed by atoms with Crippen LogP contribution in [0.3, 0.4) is 0 Å². The first-order valence-electron chi connectivity index (χ1n) is 8.24. The van der Waals surface area contributed by atoms with Crippen LogP contribution in [-0.2, 0) is 6.42 Å². The zero-order valence-electron chi connectivity index (χ0n) is 13.4. The molecule has 0 saturated heterocycles. The fraction of sp³-hybridized carbons (Fsp3) is 0.556. The number of benzene rings is 1. The van der Waals surface area contributed by atoms with Gasteiger partial charge in [-0.1, -0.05) is 26.2 Å². The van der Waals surface area contributed by atoms with Gasteiger partial charge in [0.25, 0.3) is 5.56 Å². The maximum absolute atomic E-state index is 12.1. The van der Waals surface area contributed by atoms with Gasteiger partial charge in [-0.2, -0.15) is 0 Å². The molecule has 4 heteroatoms. The molecule has 0 amide bonds. The van der Waals surface area contributed by atoms with Crippen molar-refractivity contribution in [1.29, 1.82) is 0 Å². The highest BCUT2D eigenvalue weighted by Crippen LogP contribution is 2.41. The molecule has 1 N–H and O–H groups in total. The number of unbranched alkanes of at least 4 members (excludes halogenated alkanes) is 2. The Balaban J connectivity index is 1.58. The van der Waals surface area contributed by atoms with E-state index in [2.05, 4.69) is 16.9 Å². The summed E-state index contributed by atoms with van der Waals surface area (Å²) in [6, 6.07) is 5.57. The molecule has 22 heavy (non-hydrogen) atoms. The van der Waals surface area contributed by atoms with Crippen LogP contribution >= 0.6 is 0 Å². The van der Waals surface area contributed by atoms with E-state index in [1.807, 2.05) is 18.2 Å². The van der Waals surface area contributed by atoms with Crippen LogP contribution in [0.15, 0.2) is 23.0 Å². The molecule has 0 radical (unpaired) electrons. The summed E-state index contributed by atoms with van der Waals surface area (Å²) in [6.07, 6.45) is 7.02. The van der Waals surface area contributed by atoms with Gasteiger partial charge < -0.3 is 9.72 Å². The van der Waals surface area contributed by atoms with E-state index in [1.165, 1.54) is 25.7 Å². The minimum atomic E-state index is -0.0726. The Hall–Kier alpha value is -1.84. The lowest BCUT2D eigenvalue weighted by atomic mass is 10.1. The molecule has 1 aliphatic rings. The number of nitrogens with zero attached hydrogens (tertiary/aromatic N) is 1. The van der Waals surface area contributed by atoms with Gasteiger partial charge in [-0.25, -0.2) is 4.98 Å². The molecule has 118 valence electrons. The highest BCUT2D eigenvalue weighted by Gasteiger charge is 2.31. The Morgan fingerprint density at radius 3 is 2.86 bits per heavy atom. The zero-order chi connectivity index (χ0) is 15.5. The minimum Gasteiger partial charge on any atom is -0.497 e. The Labute approximate surface area is 130 Å². The molecule has 1 fully saturated rings. The molecule has 2 atom stereocenters. The van der Waals surface area contributed by atoms with Crippen molar-refractivity contribution in [1.82, 2.24) is 9.97 Å². The van der Waals surface area contributed by atoms with Crippen molar-refractivity contribution < 1.29 is 4.74 Å². The van der Waals surface area contributed by atoms with Crippen molar-refractivity contribution >= 4 is 11.0 Å². The second-order valence-corrected chi connectivity index (χ2v) is 6.47. The molecule has 0 aliphatic heterocycles. The number of aryl methyl sites for hydroxylation is 1. The summed E-state index contributed by atoms with van der Waals surface area (Å²) in [5.74, 6) is 2.64. The van der Waals surface area contributed by atoms with Gasteiger partial charge in [0.2, 0.25) is 0 Å². The lowest BCUT2D eigenvalue weighted by Gasteiger charge is -2.05. The Bertz CT molecular complexity index is 708. The number of hydrogen-bond acceptors (Lipinski definition) is 3. The van der Waals surface area contributed by atoms with Crippen LogP contribution in [0.4, 0.5) is 0 Å².